The Morgan fingerprint density at radius 2 is 2.29 bits per heavy atom. The summed E-state index contributed by atoms with van der Waals surface area (Å²) in [6, 6.07) is 2.01. The van der Waals surface area contributed by atoms with Gasteiger partial charge >= 0.3 is 0 Å². The highest BCUT2D eigenvalue weighted by Crippen LogP contribution is 2.37. The second-order valence-corrected chi connectivity index (χ2v) is 8.59. The molecule has 0 aliphatic heterocycles. The van der Waals surface area contributed by atoms with Crippen LogP contribution in [0.5, 0.6) is 0 Å². The van der Waals surface area contributed by atoms with Crippen LogP contribution in [-0.4, -0.2) is 11.8 Å². The number of allylic oxidation sites excluding steroid dienone is 3. The van der Waals surface area contributed by atoms with Crippen molar-refractivity contribution in [2.75, 3.05) is 0 Å². The molecule has 0 saturated heterocycles. The number of carbonyl (C=O) groups is 1. The molecule has 0 bridgehead atoms. The van der Waals surface area contributed by atoms with E-state index in [9.17, 15) is 9.70 Å². The van der Waals surface area contributed by atoms with Crippen molar-refractivity contribution in [3.05, 3.63) is 50.0 Å². The maximum absolute atomic E-state index is 12.1. The van der Waals surface area contributed by atoms with Gasteiger partial charge in [0.2, 0.25) is 0 Å². The van der Waals surface area contributed by atoms with Crippen LogP contribution in [0.3, 0.4) is 0 Å². The molecule has 1 unspecified atom stereocenters. The van der Waals surface area contributed by atoms with E-state index in [1.165, 1.54) is 9.75 Å². The lowest BCUT2D eigenvalue weighted by Crippen LogP contribution is -2.15. The van der Waals surface area contributed by atoms with E-state index in [0.717, 1.165) is 36.6 Å². The van der Waals surface area contributed by atoms with Gasteiger partial charge in [-0.25, -0.2) is 0 Å². The molecular weight excluding hydrogens is 386 g/mol. The molecule has 0 spiro atoms. The molecule has 1 saturated carbocycles. The molecule has 1 aliphatic carbocycles. The summed E-state index contributed by atoms with van der Waals surface area (Å²) in [6.45, 7) is 5.85. The molecule has 130 valence electrons. The van der Waals surface area contributed by atoms with E-state index in [1.54, 1.807) is 17.4 Å². The van der Waals surface area contributed by atoms with Gasteiger partial charge in [-0.05, 0) is 78.9 Å². The lowest BCUT2D eigenvalue weighted by Gasteiger charge is -2.16. The highest BCUT2D eigenvalue weighted by atomic mass is 79.9. The summed E-state index contributed by atoms with van der Waals surface area (Å²) in [5.74, 6) is 0.642. The number of halogens is 1. The van der Waals surface area contributed by atoms with Crippen LogP contribution in [0.15, 0.2) is 40.5 Å². The first-order valence-corrected chi connectivity index (χ1v) is 10.0. The van der Waals surface area contributed by atoms with Crippen molar-refractivity contribution >= 4 is 33.0 Å². The van der Waals surface area contributed by atoms with E-state index >= 15 is 0 Å². The SMILES string of the molecule is C=CC[C@H]1C(N=O)CC[C@@H]1/C=C/C(=O)CCCc1cc(Br)c(C)s1. The minimum atomic E-state index is -0.131. The maximum Gasteiger partial charge on any atom is 0.155 e. The number of thiophene rings is 1. The first-order chi connectivity index (χ1) is 11.5. The summed E-state index contributed by atoms with van der Waals surface area (Å²) in [5, 5.41) is 3.24. The van der Waals surface area contributed by atoms with Gasteiger partial charge in [0, 0.05) is 20.6 Å². The van der Waals surface area contributed by atoms with Crippen LogP contribution < -0.4 is 0 Å². The Kier molecular flexibility index (Phi) is 7.56. The summed E-state index contributed by atoms with van der Waals surface area (Å²) >= 11 is 5.31. The van der Waals surface area contributed by atoms with Crippen molar-refractivity contribution in [1.29, 1.82) is 0 Å². The maximum atomic E-state index is 12.1. The van der Waals surface area contributed by atoms with Gasteiger partial charge in [0.25, 0.3) is 0 Å². The van der Waals surface area contributed by atoms with Crippen molar-refractivity contribution in [3.8, 4) is 0 Å². The Balaban J connectivity index is 1.79. The van der Waals surface area contributed by atoms with Crippen LogP contribution in [-0.2, 0) is 11.2 Å². The molecule has 24 heavy (non-hydrogen) atoms. The number of carbonyl (C=O) groups excluding carboxylic acids is 1. The molecule has 1 aliphatic rings. The van der Waals surface area contributed by atoms with E-state index in [-0.39, 0.29) is 23.7 Å². The summed E-state index contributed by atoms with van der Waals surface area (Å²) in [5.41, 5.74) is 0. The summed E-state index contributed by atoms with van der Waals surface area (Å²) in [6.07, 6.45) is 10.5. The van der Waals surface area contributed by atoms with Crippen molar-refractivity contribution in [3.63, 3.8) is 0 Å². The molecule has 1 fully saturated rings. The largest absolute Gasteiger partial charge is 0.295 e. The van der Waals surface area contributed by atoms with Gasteiger partial charge in [0.15, 0.2) is 5.78 Å². The number of rotatable bonds is 9. The molecular formula is C19H24BrNO2S. The van der Waals surface area contributed by atoms with E-state index in [1.807, 2.05) is 12.2 Å². The lowest BCUT2D eigenvalue weighted by molar-refractivity contribution is -0.114. The molecule has 2 rings (SSSR count). The van der Waals surface area contributed by atoms with Crippen molar-refractivity contribution in [2.24, 2.45) is 17.0 Å². The fraction of sp³-hybridized carbons (Fsp3) is 0.526. The normalized spacial score (nSPS) is 23.7. The molecule has 0 N–H and O–H groups in total. The predicted molar refractivity (Wildman–Crippen MR) is 104 cm³/mol. The topological polar surface area (TPSA) is 46.5 Å². The fourth-order valence-electron chi connectivity index (χ4n) is 3.36. The molecule has 3 nitrogen and oxygen atoms in total. The van der Waals surface area contributed by atoms with Crippen LogP contribution in [0.4, 0.5) is 0 Å². The van der Waals surface area contributed by atoms with Gasteiger partial charge in [-0.2, -0.15) is 4.91 Å². The molecule has 1 aromatic rings. The molecule has 3 atom stereocenters. The number of nitroso groups, excluding NO2 is 1. The molecule has 5 heteroatoms. The minimum absolute atomic E-state index is 0.131. The van der Waals surface area contributed by atoms with Crippen molar-refractivity contribution in [2.45, 2.75) is 51.5 Å². The van der Waals surface area contributed by atoms with Crippen LogP contribution in [0.2, 0.25) is 0 Å². The van der Waals surface area contributed by atoms with E-state index in [4.69, 9.17) is 0 Å². The van der Waals surface area contributed by atoms with Gasteiger partial charge in [0.05, 0.1) is 6.04 Å². The first kappa shape index (κ1) is 19.3. The Bertz CT molecular complexity index is 603. The predicted octanol–water partition coefficient (Wildman–Crippen LogP) is 6.00. The van der Waals surface area contributed by atoms with Crippen LogP contribution >= 0.6 is 27.3 Å². The Morgan fingerprint density at radius 1 is 1.50 bits per heavy atom. The van der Waals surface area contributed by atoms with Crippen molar-refractivity contribution in [1.82, 2.24) is 0 Å². The standard InChI is InChI=1S/C19H24BrNO2S/c1-3-5-17-14(9-11-19(17)21-23)8-10-15(22)6-4-7-16-12-18(20)13(2)24-16/h3,8,10,12,14,17,19H,1,4-7,9,11H2,2H3/b10-8+/t14-,17+,19?/m0/s1. The summed E-state index contributed by atoms with van der Waals surface area (Å²) in [7, 11) is 0. The van der Waals surface area contributed by atoms with Gasteiger partial charge in [-0.15, -0.1) is 17.9 Å². The zero-order valence-electron chi connectivity index (χ0n) is 14.0. The van der Waals surface area contributed by atoms with Gasteiger partial charge in [-0.1, -0.05) is 17.3 Å². The average molecular weight is 410 g/mol. The molecule has 0 amide bonds. The highest BCUT2D eigenvalue weighted by Gasteiger charge is 2.34. The minimum Gasteiger partial charge on any atom is -0.295 e. The molecule has 1 aromatic heterocycles. The Hall–Kier alpha value is -1.07. The van der Waals surface area contributed by atoms with Crippen LogP contribution in [0.1, 0.15) is 41.9 Å². The Labute approximate surface area is 156 Å². The monoisotopic (exact) mass is 409 g/mol. The molecule has 1 heterocycles. The van der Waals surface area contributed by atoms with Gasteiger partial charge < -0.3 is 0 Å². The lowest BCUT2D eigenvalue weighted by atomic mass is 9.90. The number of nitrogens with zero attached hydrogens (tertiary/aromatic N) is 1. The summed E-state index contributed by atoms with van der Waals surface area (Å²) in [4.78, 5) is 25.6. The average Bonchev–Trinajstić information content (AvgIpc) is 3.09. The van der Waals surface area contributed by atoms with Gasteiger partial charge in [0.1, 0.15) is 0 Å². The number of hydrogen-bond donors (Lipinski definition) is 0. The molecule has 0 aromatic carbocycles. The number of ketones is 1. The smallest absolute Gasteiger partial charge is 0.155 e. The Morgan fingerprint density at radius 3 is 2.92 bits per heavy atom. The second-order valence-electron chi connectivity index (χ2n) is 6.40. The van der Waals surface area contributed by atoms with Crippen molar-refractivity contribution < 1.29 is 4.79 Å². The third-order valence-corrected chi connectivity index (χ3v) is 6.89. The highest BCUT2D eigenvalue weighted by molar-refractivity contribution is 9.10. The van der Waals surface area contributed by atoms with Gasteiger partial charge in [-0.3, -0.25) is 4.79 Å². The third-order valence-electron chi connectivity index (χ3n) is 4.70. The molecule has 0 radical (unpaired) electrons. The number of aryl methyl sites for hydroxylation is 2. The fourth-order valence-corrected chi connectivity index (χ4v) is 5.01. The quantitative estimate of drug-likeness (QED) is 0.285. The van der Waals surface area contributed by atoms with E-state index < -0.39 is 0 Å². The van der Waals surface area contributed by atoms with E-state index in [0.29, 0.717) is 6.42 Å². The van der Waals surface area contributed by atoms with Crippen LogP contribution in [0, 0.1) is 23.7 Å². The first-order valence-electron chi connectivity index (χ1n) is 8.44. The van der Waals surface area contributed by atoms with Crippen LogP contribution in [0.25, 0.3) is 0 Å². The zero-order chi connectivity index (χ0) is 17.5. The second kappa shape index (κ2) is 9.42. The summed E-state index contributed by atoms with van der Waals surface area (Å²) < 4.78 is 1.15. The van der Waals surface area contributed by atoms with E-state index in [2.05, 4.69) is 40.7 Å². The third kappa shape index (κ3) is 5.21. The zero-order valence-corrected chi connectivity index (χ0v) is 16.4. The number of hydrogen-bond acceptors (Lipinski definition) is 4.